The van der Waals surface area contributed by atoms with Gasteiger partial charge < -0.3 is 4.74 Å². The van der Waals surface area contributed by atoms with E-state index in [4.69, 9.17) is 4.74 Å². The Hall–Kier alpha value is -1.05. The van der Waals surface area contributed by atoms with Crippen molar-refractivity contribution in [1.29, 1.82) is 0 Å². The van der Waals surface area contributed by atoms with Crippen LogP contribution in [0, 0.1) is 5.92 Å². The van der Waals surface area contributed by atoms with Crippen molar-refractivity contribution in [3.8, 4) is 0 Å². The number of carbonyl (C=O) groups excluding carboxylic acids is 1. The van der Waals surface area contributed by atoms with Gasteiger partial charge in [0.1, 0.15) is 6.61 Å². The van der Waals surface area contributed by atoms with E-state index in [0.717, 1.165) is 6.42 Å². The van der Waals surface area contributed by atoms with Crippen molar-refractivity contribution < 1.29 is 9.53 Å². The van der Waals surface area contributed by atoms with E-state index in [9.17, 15) is 4.79 Å². The van der Waals surface area contributed by atoms with E-state index >= 15 is 0 Å². The lowest BCUT2D eigenvalue weighted by molar-refractivity contribution is -0.143. The molecule has 0 saturated carbocycles. The number of rotatable bonds is 6. The fourth-order valence-electron chi connectivity index (χ4n) is 0.910. The second-order valence-electron chi connectivity index (χ2n) is 2.99. The highest BCUT2D eigenvalue weighted by molar-refractivity contribution is 5.69. The molecule has 0 amide bonds. The minimum atomic E-state index is -0.159. The molecule has 1 unspecified atom stereocenters. The molecular weight excluding hydrogens is 164 g/mol. The van der Waals surface area contributed by atoms with Gasteiger partial charge in [0.15, 0.2) is 0 Å². The Bertz CT molecular complexity index is 183. The molecule has 0 aromatic rings. The summed E-state index contributed by atoms with van der Waals surface area (Å²) in [5.74, 6) is 0.102. The molecule has 0 aliphatic heterocycles. The number of hydrogen-bond acceptors (Lipinski definition) is 2. The first kappa shape index (κ1) is 11.9. The molecule has 1 atom stereocenters. The summed E-state index contributed by atoms with van der Waals surface area (Å²) in [6.07, 6.45) is 7.13. The van der Waals surface area contributed by atoms with E-state index in [2.05, 4.69) is 19.6 Å². The third-order valence-corrected chi connectivity index (χ3v) is 1.55. The molecule has 0 rings (SSSR count). The zero-order valence-corrected chi connectivity index (χ0v) is 8.45. The van der Waals surface area contributed by atoms with Crippen molar-refractivity contribution in [2.45, 2.75) is 26.7 Å². The van der Waals surface area contributed by atoms with Crippen LogP contribution in [0.4, 0.5) is 0 Å². The van der Waals surface area contributed by atoms with Crippen molar-refractivity contribution in [1.82, 2.24) is 0 Å². The molecule has 0 heterocycles. The first-order valence-electron chi connectivity index (χ1n) is 4.63. The molecule has 0 fully saturated rings. The van der Waals surface area contributed by atoms with Crippen LogP contribution < -0.4 is 0 Å². The molecule has 0 N–H and O–H groups in total. The van der Waals surface area contributed by atoms with E-state index < -0.39 is 0 Å². The lowest BCUT2D eigenvalue weighted by Crippen LogP contribution is -2.08. The Balaban J connectivity index is 3.64. The summed E-state index contributed by atoms with van der Waals surface area (Å²) in [5, 5.41) is 0. The monoisotopic (exact) mass is 182 g/mol. The van der Waals surface area contributed by atoms with Gasteiger partial charge in [-0.05, 0) is 12.3 Å². The van der Waals surface area contributed by atoms with Gasteiger partial charge in [0.05, 0.1) is 6.42 Å². The number of carbonyl (C=O) groups is 1. The van der Waals surface area contributed by atoms with Crippen LogP contribution >= 0.6 is 0 Å². The lowest BCUT2D eigenvalue weighted by Gasteiger charge is -2.05. The SMILES string of the molecule is C=CCOC(=O)CC(C)/C=C/CC. The van der Waals surface area contributed by atoms with Crippen LogP contribution in [0.5, 0.6) is 0 Å². The van der Waals surface area contributed by atoms with Crippen LogP contribution in [-0.4, -0.2) is 12.6 Å². The maximum absolute atomic E-state index is 11.1. The second kappa shape index (κ2) is 7.59. The molecule has 0 aromatic heterocycles. The molecule has 13 heavy (non-hydrogen) atoms. The summed E-state index contributed by atoms with van der Waals surface area (Å²) in [6.45, 7) is 7.85. The maximum atomic E-state index is 11.1. The first-order chi connectivity index (χ1) is 6.20. The second-order valence-corrected chi connectivity index (χ2v) is 2.99. The molecular formula is C11H18O2. The summed E-state index contributed by atoms with van der Waals surface area (Å²) in [5.41, 5.74) is 0. The van der Waals surface area contributed by atoms with Gasteiger partial charge in [-0.1, -0.05) is 38.7 Å². The van der Waals surface area contributed by atoms with E-state index in [1.165, 1.54) is 0 Å². The molecule has 0 radical (unpaired) electrons. The molecule has 2 nitrogen and oxygen atoms in total. The van der Waals surface area contributed by atoms with Crippen LogP contribution in [0.2, 0.25) is 0 Å². The summed E-state index contributed by atoms with van der Waals surface area (Å²) in [4.78, 5) is 11.1. The summed E-state index contributed by atoms with van der Waals surface area (Å²) >= 11 is 0. The maximum Gasteiger partial charge on any atom is 0.306 e. The third-order valence-electron chi connectivity index (χ3n) is 1.55. The third kappa shape index (κ3) is 7.32. The fraction of sp³-hybridized carbons (Fsp3) is 0.545. The molecule has 74 valence electrons. The van der Waals surface area contributed by atoms with Crippen LogP contribution in [0.3, 0.4) is 0 Å². The van der Waals surface area contributed by atoms with Gasteiger partial charge in [0, 0.05) is 0 Å². The van der Waals surface area contributed by atoms with E-state index in [1.807, 2.05) is 13.0 Å². The van der Waals surface area contributed by atoms with Crippen molar-refractivity contribution in [2.24, 2.45) is 5.92 Å². The molecule has 0 aliphatic carbocycles. The topological polar surface area (TPSA) is 26.3 Å². The lowest BCUT2D eigenvalue weighted by atomic mass is 10.1. The smallest absolute Gasteiger partial charge is 0.306 e. The van der Waals surface area contributed by atoms with Gasteiger partial charge in [-0.2, -0.15) is 0 Å². The van der Waals surface area contributed by atoms with Gasteiger partial charge in [0.25, 0.3) is 0 Å². The average Bonchev–Trinajstić information content (AvgIpc) is 2.11. The fourth-order valence-corrected chi connectivity index (χ4v) is 0.910. The van der Waals surface area contributed by atoms with Gasteiger partial charge in [-0.15, -0.1) is 0 Å². The number of ether oxygens (including phenoxy) is 1. The predicted molar refractivity (Wildman–Crippen MR) is 54.4 cm³/mol. The largest absolute Gasteiger partial charge is 0.461 e. The highest BCUT2D eigenvalue weighted by atomic mass is 16.5. The quantitative estimate of drug-likeness (QED) is 0.466. The normalized spacial score (nSPS) is 12.8. The van der Waals surface area contributed by atoms with E-state index in [1.54, 1.807) is 6.08 Å². The summed E-state index contributed by atoms with van der Waals surface area (Å²) < 4.78 is 4.85. The Morgan fingerprint density at radius 2 is 2.31 bits per heavy atom. The summed E-state index contributed by atoms with van der Waals surface area (Å²) in [7, 11) is 0. The van der Waals surface area contributed by atoms with E-state index in [-0.39, 0.29) is 11.9 Å². The highest BCUT2D eigenvalue weighted by Gasteiger charge is 2.05. The highest BCUT2D eigenvalue weighted by Crippen LogP contribution is 2.05. The summed E-state index contributed by atoms with van der Waals surface area (Å²) in [6, 6.07) is 0. The van der Waals surface area contributed by atoms with Crippen LogP contribution in [0.15, 0.2) is 24.8 Å². The van der Waals surface area contributed by atoms with Crippen molar-refractivity contribution in [3.63, 3.8) is 0 Å². The molecule has 2 heteroatoms. The predicted octanol–water partition coefficient (Wildman–Crippen LogP) is 2.71. The van der Waals surface area contributed by atoms with Crippen LogP contribution in [0.25, 0.3) is 0 Å². The van der Waals surface area contributed by atoms with Gasteiger partial charge in [-0.3, -0.25) is 4.79 Å². The molecule has 0 aliphatic rings. The first-order valence-corrected chi connectivity index (χ1v) is 4.63. The number of hydrogen-bond donors (Lipinski definition) is 0. The molecule has 0 bridgehead atoms. The van der Waals surface area contributed by atoms with E-state index in [0.29, 0.717) is 13.0 Å². The zero-order valence-electron chi connectivity index (χ0n) is 8.45. The Kier molecular flexibility index (Phi) is 6.98. The Labute approximate surface area is 80.3 Å². The number of esters is 1. The Morgan fingerprint density at radius 1 is 1.62 bits per heavy atom. The van der Waals surface area contributed by atoms with Crippen LogP contribution in [-0.2, 0) is 9.53 Å². The molecule has 0 spiro atoms. The van der Waals surface area contributed by atoms with Crippen molar-refractivity contribution >= 4 is 5.97 Å². The average molecular weight is 182 g/mol. The van der Waals surface area contributed by atoms with Gasteiger partial charge >= 0.3 is 5.97 Å². The van der Waals surface area contributed by atoms with Crippen molar-refractivity contribution in [3.05, 3.63) is 24.8 Å². The van der Waals surface area contributed by atoms with Gasteiger partial charge in [0.2, 0.25) is 0 Å². The van der Waals surface area contributed by atoms with Crippen LogP contribution in [0.1, 0.15) is 26.7 Å². The zero-order chi connectivity index (χ0) is 10.1. The van der Waals surface area contributed by atoms with Crippen molar-refractivity contribution in [2.75, 3.05) is 6.61 Å². The Morgan fingerprint density at radius 3 is 2.85 bits per heavy atom. The molecule has 0 aromatic carbocycles. The number of allylic oxidation sites excluding steroid dienone is 2. The minimum absolute atomic E-state index is 0.159. The standard InChI is InChI=1S/C11H18O2/c1-4-6-7-10(3)9-11(12)13-8-5-2/h5-7,10H,2,4,8-9H2,1,3H3/b7-6+. The van der Waals surface area contributed by atoms with Gasteiger partial charge in [-0.25, -0.2) is 0 Å². The minimum Gasteiger partial charge on any atom is -0.461 e. The molecule has 0 saturated heterocycles.